The molecule has 7 heteroatoms. The Labute approximate surface area is 165 Å². The molecule has 0 saturated heterocycles. The van der Waals surface area contributed by atoms with Crippen molar-refractivity contribution in [2.24, 2.45) is 0 Å². The second kappa shape index (κ2) is 10.2. The zero-order chi connectivity index (χ0) is 20.5. The predicted molar refractivity (Wildman–Crippen MR) is 106 cm³/mol. The van der Waals surface area contributed by atoms with Crippen molar-refractivity contribution >= 4 is 11.8 Å². The van der Waals surface area contributed by atoms with E-state index < -0.39 is 11.8 Å². The monoisotopic (exact) mass is 386 g/mol. The van der Waals surface area contributed by atoms with Crippen LogP contribution in [0, 0.1) is 0 Å². The average Bonchev–Trinajstić information content (AvgIpc) is 2.74. The van der Waals surface area contributed by atoms with E-state index in [0.717, 1.165) is 19.3 Å². The van der Waals surface area contributed by atoms with Crippen LogP contribution in [-0.4, -0.2) is 33.1 Å². The minimum atomic E-state index is -0.507. The van der Waals surface area contributed by atoms with Gasteiger partial charge in [-0.05, 0) is 42.7 Å². The van der Waals surface area contributed by atoms with Crippen LogP contribution in [0.5, 0.6) is 17.2 Å². The molecule has 7 nitrogen and oxygen atoms in total. The van der Waals surface area contributed by atoms with Gasteiger partial charge in [0.25, 0.3) is 11.8 Å². The lowest BCUT2D eigenvalue weighted by Gasteiger charge is -2.14. The number of hydrazine groups is 1. The Hall–Kier alpha value is -3.22. The summed E-state index contributed by atoms with van der Waals surface area (Å²) in [5.41, 5.74) is 6.71. The minimum absolute atomic E-state index is 0.254. The second-order valence-corrected chi connectivity index (χ2v) is 6.12. The first-order valence-electron chi connectivity index (χ1n) is 9.03. The van der Waals surface area contributed by atoms with Gasteiger partial charge in [-0.15, -0.1) is 0 Å². The molecule has 150 valence electrons. The summed E-state index contributed by atoms with van der Waals surface area (Å²) in [6.07, 6.45) is 3.21. The number of hydrogen-bond acceptors (Lipinski definition) is 5. The number of amides is 2. The molecule has 2 rings (SSSR count). The summed E-state index contributed by atoms with van der Waals surface area (Å²) in [5, 5.41) is 0. The number of ether oxygens (including phenoxy) is 3. The van der Waals surface area contributed by atoms with E-state index in [9.17, 15) is 9.59 Å². The average molecular weight is 386 g/mol. The molecule has 0 aliphatic carbocycles. The quantitative estimate of drug-likeness (QED) is 0.681. The third-order valence-corrected chi connectivity index (χ3v) is 4.25. The maximum atomic E-state index is 12.4. The number of nitrogens with one attached hydrogen (secondary N) is 2. The number of carbonyl (C=O) groups excluding carboxylic acids is 2. The van der Waals surface area contributed by atoms with Gasteiger partial charge in [0.2, 0.25) is 5.75 Å². The Morgan fingerprint density at radius 1 is 0.821 bits per heavy atom. The Morgan fingerprint density at radius 2 is 1.36 bits per heavy atom. The summed E-state index contributed by atoms with van der Waals surface area (Å²) in [7, 11) is 4.41. The van der Waals surface area contributed by atoms with E-state index in [4.69, 9.17) is 14.2 Å². The second-order valence-electron chi connectivity index (χ2n) is 6.12. The topological polar surface area (TPSA) is 85.9 Å². The van der Waals surface area contributed by atoms with E-state index in [0.29, 0.717) is 22.8 Å². The molecule has 0 fully saturated rings. The van der Waals surface area contributed by atoms with Gasteiger partial charge in [0.1, 0.15) is 0 Å². The van der Waals surface area contributed by atoms with Crippen molar-refractivity contribution < 1.29 is 23.8 Å². The Morgan fingerprint density at radius 3 is 1.82 bits per heavy atom. The van der Waals surface area contributed by atoms with E-state index in [1.165, 1.54) is 39.0 Å². The molecule has 0 radical (unpaired) electrons. The van der Waals surface area contributed by atoms with Gasteiger partial charge in [-0.3, -0.25) is 20.4 Å². The van der Waals surface area contributed by atoms with Crippen molar-refractivity contribution in [3.8, 4) is 17.2 Å². The molecule has 0 aromatic heterocycles. The fraction of sp³-hybridized carbons (Fsp3) is 0.333. The summed E-state index contributed by atoms with van der Waals surface area (Å²) in [4.78, 5) is 24.7. The molecule has 2 aromatic rings. The molecule has 0 unspecified atom stereocenters. The molecular formula is C21H26N2O5. The van der Waals surface area contributed by atoms with Crippen molar-refractivity contribution in [1.82, 2.24) is 10.9 Å². The van der Waals surface area contributed by atoms with Crippen LogP contribution in [0.2, 0.25) is 0 Å². The number of methoxy groups -OCH3 is 3. The highest BCUT2D eigenvalue weighted by atomic mass is 16.5. The standard InChI is InChI=1S/C21H26N2O5/c1-5-6-7-14-8-10-15(11-9-14)20(24)22-23-21(25)16-12-17(26-2)19(28-4)18(13-16)27-3/h8-13H,5-7H2,1-4H3,(H,22,24)(H,23,25). The summed E-state index contributed by atoms with van der Waals surface area (Å²) in [6.45, 7) is 2.14. The molecule has 2 aromatic carbocycles. The normalized spacial score (nSPS) is 10.1. The van der Waals surface area contributed by atoms with Crippen LogP contribution >= 0.6 is 0 Å². The predicted octanol–water partition coefficient (Wildman–Crippen LogP) is 3.13. The maximum absolute atomic E-state index is 12.4. The van der Waals surface area contributed by atoms with Crippen LogP contribution in [0.15, 0.2) is 36.4 Å². The first-order valence-corrected chi connectivity index (χ1v) is 9.03. The van der Waals surface area contributed by atoms with Crippen molar-refractivity contribution in [2.75, 3.05) is 21.3 Å². The van der Waals surface area contributed by atoms with Crippen molar-refractivity contribution in [1.29, 1.82) is 0 Å². The molecular weight excluding hydrogens is 360 g/mol. The van der Waals surface area contributed by atoms with Gasteiger partial charge in [-0.2, -0.15) is 0 Å². The van der Waals surface area contributed by atoms with E-state index in [1.54, 1.807) is 12.1 Å². The van der Waals surface area contributed by atoms with Gasteiger partial charge in [-0.25, -0.2) is 0 Å². The highest BCUT2D eigenvalue weighted by Gasteiger charge is 2.17. The first kappa shape index (κ1) is 21.1. The molecule has 0 saturated carbocycles. The molecule has 0 heterocycles. The molecule has 0 aliphatic heterocycles. The first-order chi connectivity index (χ1) is 13.5. The fourth-order valence-electron chi connectivity index (χ4n) is 2.67. The Bertz CT molecular complexity index is 793. The SMILES string of the molecule is CCCCc1ccc(C(=O)NNC(=O)c2cc(OC)c(OC)c(OC)c2)cc1. The molecule has 0 spiro atoms. The van der Waals surface area contributed by atoms with E-state index in [2.05, 4.69) is 17.8 Å². The van der Waals surface area contributed by atoms with Gasteiger partial charge in [0.05, 0.1) is 21.3 Å². The maximum Gasteiger partial charge on any atom is 0.269 e. The number of aryl methyl sites for hydroxylation is 1. The van der Waals surface area contributed by atoms with Crippen LogP contribution in [0.4, 0.5) is 0 Å². The molecule has 0 atom stereocenters. The number of unbranched alkanes of at least 4 members (excludes halogenated alkanes) is 1. The van der Waals surface area contributed by atoms with Crippen molar-refractivity contribution in [3.63, 3.8) is 0 Å². The zero-order valence-electron chi connectivity index (χ0n) is 16.6. The smallest absolute Gasteiger partial charge is 0.269 e. The highest BCUT2D eigenvalue weighted by molar-refractivity contribution is 5.99. The third-order valence-electron chi connectivity index (χ3n) is 4.25. The van der Waals surface area contributed by atoms with E-state index >= 15 is 0 Å². The molecule has 2 N–H and O–H groups in total. The van der Waals surface area contributed by atoms with Crippen molar-refractivity contribution in [2.45, 2.75) is 26.2 Å². The van der Waals surface area contributed by atoms with E-state index in [-0.39, 0.29) is 5.56 Å². The Balaban J connectivity index is 2.04. The van der Waals surface area contributed by atoms with Gasteiger partial charge in [0, 0.05) is 11.1 Å². The van der Waals surface area contributed by atoms with E-state index in [1.807, 2.05) is 12.1 Å². The summed E-state index contributed by atoms with van der Waals surface area (Å²) in [5.74, 6) is 0.172. The molecule has 0 aliphatic rings. The number of hydrogen-bond donors (Lipinski definition) is 2. The third kappa shape index (κ3) is 5.16. The summed E-state index contributed by atoms with van der Waals surface area (Å²) in [6, 6.07) is 10.3. The van der Waals surface area contributed by atoms with Crippen LogP contribution in [0.1, 0.15) is 46.0 Å². The number of rotatable bonds is 8. The molecule has 28 heavy (non-hydrogen) atoms. The Kier molecular flexibility index (Phi) is 7.68. The van der Waals surface area contributed by atoms with Gasteiger partial charge in [0.15, 0.2) is 11.5 Å². The summed E-state index contributed by atoms with van der Waals surface area (Å²) < 4.78 is 15.7. The highest BCUT2D eigenvalue weighted by Crippen LogP contribution is 2.38. The fourth-order valence-corrected chi connectivity index (χ4v) is 2.67. The summed E-state index contributed by atoms with van der Waals surface area (Å²) >= 11 is 0. The number of benzene rings is 2. The van der Waals surface area contributed by atoms with Crippen LogP contribution in [0.25, 0.3) is 0 Å². The van der Waals surface area contributed by atoms with Crippen LogP contribution in [0.3, 0.4) is 0 Å². The van der Waals surface area contributed by atoms with Gasteiger partial charge >= 0.3 is 0 Å². The minimum Gasteiger partial charge on any atom is -0.493 e. The van der Waals surface area contributed by atoms with Gasteiger partial charge < -0.3 is 14.2 Å². The molecule has 0 bridgehead atoms. The zero-order valence-corrected chi connectivity index (χ0v) is 16.6. The van der Waals surface area contributed by atoms with Crippen LogP contribution < -0.4 is 25.1 Å². The largest absolute Gasteiger partial charge is 0.493 e. The van der Waals surface area contributed by atoms with Crippen LogP contribution in [-0.2, 0) is 6.42 Å². The van der Waals surface area contributed by atoms with Gasteiger partial charge in [-0.1, -0.05) is 25.5 Å². The molecule has 2 amide bonds. The van der Waals surface area contributed by atoms with Crippen molar-refractivity contribution in [3.05, 3.63) is 53.1 Å². The lowest BCUT2D eigenvalue weighted by molar-refractivity contribution is 0.0846. The number of carbonyl (C=O) groups is 2. The lowest BCUT2D eigenvalue weighted by Crippen LogP contribution is -2.41. The lowest BCUT2D eigenvalue weighted by atomic mass is 10.1.